The molecular weight excluding hydrogens is 733 g/mol. The van der Waals surface area contributed by atoms with Crippen molar-refractivity contribution in [3.05, 3.63) is 241 Å². The van der Waals surface area contributed by atoms with E-state index in [4.69, 9.17) is 4.98 Å². The van der Waals surface area contributed by atoms with Crippen LogP contribution in [0.15, 0.2) is 218 Å². The molecule has 2 aliphatic rings. The lowest BCUT2D eigenvalue weighted by molar-refractivity contribution is 0.768. The molecule has 0 bridgehead atoms. The molecule has 0 N–H and O–H groups in total. The van der Waals surface area contributed by atoms with Crippen molar-refractivity contribution < 1.29 is 0 Å². The van der Waals surface area contributed by atoms with Crippen LogP contribution in [0.4, 0.5) is 17.1 Å². The first-order chi connectivity index (χ1) is 29.3. The lowest BCUT2D eigenvalue weighted by Crippen LogP contribution is -2.28. The minimum Gasteiger partial charge on any atom is -0.310 e. The molecule has 0 saturated carbocycles. The molecule has 0 atom stereocenters. The zero-order chi connectivity index (χ0) is 38.9. The molecule has 276 valence electrons. The van der Waals surface area contributed by atoms with Gasteiger partial charge in [0.1, 0.15) is 5.01 Å². The Morgan fingerprint density at radius 1 is 0.407 bits per heavy atom. The molecule has 0 radical (unpaired) electrons. The van der Waals surface area contributed by atoms with Gasteiger partial charge in [0.25, 0.3) is 0 Å². The van der Waals surface area contributed by atoms with Crippen molar-refractivity contribution in [2.24, 2.45) is 0 Å². The third-order valence-corrected chi connectivity index (χ3v) is 13.5. The summed E-state index contributed by atoms with van der Waals surface area (Å²) < 4.78 is 0. The van der Waals surface area contributed by atoms with Gasteiger partial charge in [-0.2, -0.15) is 0 Å². The lowest BCUT2D eigenvalue weighted by atomic mass is 9.68. The Morgan fingerprint density at radius 2 is 1.00 bits per heavy atom. The maximum absolute atomic E-state index is 5.41. The van der Waals surface area contributed by atoms with Crippen molar-refractivity contribution in [2.75, 3.05) is 4.90 Å². The van der Waals surface area contributed by atoms with Gasteiger partial charge in [0.15, 0.2) is 0 Å². The Balaban J connectivity index is 1.03. The van der Waals surface area contributed by atoms with Crippen molar-refractivity contribution >= 4 is 39.2 Å². The van der Waals surface area contributed by atoms with E-state index in [0.29, 0.717) is 0 Å². The van der Waals surface area contributed by atoms with E-state index in [2.05, 4.69) is 223 Å². The first-order valence-corrected chi connectivity index (χ1v) is 21.0. The Hall–Kier alpha value is -7.33. The first-order valence-electron chi connectivity index (χ1n) is 20.2. The monoisotopic (exact) mass is 768 g/mol. The van der Waals surface area contributed by atoms with Gasteiger partial charge < -0.3 is 4.90 Å². The number of hydrogen-bond acceptors (Lipinski definition) is 3. The summed E-state index contributed by atoms with van der Waals surface area (Å²) in [5.74, 6) is 0. The summed E-state index contributed by atoms with van der Waals surface area (Å²) in [6, 6.07) is 79.6. The third kappa shape index (κ3) is 5.02. The van der Waals surface area contributed by atoms with Crippen molar-refractivity contribution in [3.63, 3.8) is 0 Å². The summed E-state index contributed by atoms with van der Waals surface area (Å²) in [4.78, 5) is 9.08. The van der Waals surface area contributed by atoms with Gasteiger partial charge in [-0.05, 0) is 74.8 Å². The highest BCUT2D eigenvalue weighted by atomic mass is 32.1. The van der Waals surface area contributed by atoms with Crippen LogP contribution in [0.1, 0.15) is 22.3 Å². The Morgan fingerprint density at radius 3 is 1.73 bits per heavy atom. The quantitative estimate of drug-likeness (QED) is 0.161. The van der Waals surface area contributed by atoms with Gasteiger partial charge in [-0.25, -0.2) is 4.98 Å². The molecule has 1 heterocycles. The number of para-hydroxylation sites is 1. The smallest absolute Gasteiger partial charge is 0.125 e. The molecule has 10 aromatic rings. The SMILES string of the molecule is c1ccc(-c2ccccc2-c2nc3c(s2)-c2cccc4c(N(c5ccccc5)c5ccc6c(c5)-c5ccccc5C6(c5ccccc5)c5ccccc5)ccc-3c24)cc1. The van der Waals surface area contributed by atoms with Crippen molar-refractivity contribution in [1.82, 2.24) is 4.98 Å². The van der Waals surface area contributed by atoms with E-state index < -0.39 is 5.41 Å². The second-order valence-electron chi connectivity index (χ2n) is 15.4. The average Bonchev–Trinajstić information content (AvgIpc) is 3.97. The second-order valence-corrected chi connectivity index (χ2v) is 16.4. The average molecular weight is 769 g/mol. The first kappa shape index (κ1) is 33.8. The third-order valence-electron chi connectivity index (χ3n) is 12.3. The molecule has 12 rings (SSSR count). The van der Waals surface area contributed by atoms with E-state index in [9.17, 15) is 0 Å². The number of nitrogens with zero attached hydrogens (tertiary/aromatic N) is 2. The predicted octanol–water partition coefficient (Wildman–Crippen LogP) is 15.1. The van der Waals surface area contributed by atoms with Crippen molar-refractivity contribution in [3.8, 4) is 54.5 Å². The van der Waals surface area contributed by atoms with Crippen LogP contribution < -0.4 is 4.90 Å². The highest BCUT2D eigenvalue weighted by Gasteiger charge is 2.46. The molecule has 2 aliphatic carbocycles. The largest absolute Gasteiger partial charge is 0.310 e. The van der Waals surface area contributed by atoms with Gasteiger partial charge >= 0.3 is 0 Å². The number of hydrogen-bond donors (Lipinski definition) is 0. The fourth-order valence-corrected chi connectivity index (χ4v) is 11.0. The van der Waals surface area contributed by atoms with Crippen LogP contribution in [0.2, 0.25) is 0 Å². The van der Waals surface area contributed by atoms with Crippen LogP contribution in [0.5, 0.6) is 0 Å². The van der Waals surface area contributed by atoms with Crippen LogP contribution in [-0.2, 0) is 5.41 Å². The highest BCUT2D eigenvalue weighted by molar-refractivity contribution is 7.19. The number of thiazole rings is 1. The zero-order valence-electron chi connectivity index (χ0n) is 32.1. The van der Waals surface area contributed by atoms with Gasteiger partial charge in [0.2, 0.25) is 0 Å². The molecule has 0 aliphatic heterocycles. The van der Waals surface area contributed by atoms with Crippen LogP contribution in [0.25, 0.3) is 65.3 Å². The molecule has 2 nitrogen and oxygen atoms in total. The van der Waals surface area contributed by atoms with Crippen molar-refractivity contribution in [2.45, 2.75) is 5.41 Å². The summed E-state index contributed by atoms with van der Waals surface area (Å²) in [5.41, 5.74) is 17.7. The van der Waals surface area contributed by atoms with Gasteiger partial charge in [0, 0.05) is 38.8 Å². The van der Waals surface area contributed by atoms with Crippen LogP contribution in [-0.4, -0.2) is 4.98 Å². The van der Waals surface area contributed by atoms with Crippen LogP contribution in [0.3, 0.4) is 0 Å². The van der Waals surface area contributed by atoms with E-state index in [1.54, 1.807) is 11.3 Å². The Kier molecular flexibility index (Phi) is 7.66. The molecule has 0 amide bonds. The van der Waals surface area contributed by atoms with E-state index in [1.807, 2.05) is 0 Å². The second kappa shape index (κ2) is 13.4. The number of fused-ring (bicyclic) bond motifs is 6. The summed E-state index contributed by atoms with van der Waals surface area (Å²) in [6.07, 6.45) is 0. The fourth-order valence-electron chi connectivity index (χ4n) is 9.89. The minimum absolute atomic E-state index is 0.447. The summed E-state index contributed by atoms with van der Waals surface area (Å²) >= 11 is 1.80. The van der Waals surface area contributed by atoms with Crippen LogP contribution in [0, 0.1) is 0 Å². The molecule has 1 aromatic heterocycles. The summed E-state index contributed by atoms with van der Waals surface area (Å²) in [5, 5.41) is 3.53. The van der Waals surface area contributed by atoms with E-state index in [0.717, 1.165) is 27.8 Å². The normalized spacial score (nSPS) is 12.9. The molecule has 0 unspecified atom stereocenters. The Labute approximate surface area is 348 Å². The van der Waals surface area contributed by atoms with Gasteiger partial charge in [-0.3, -0.25) is 0 Å². The maximum atomic E-state index is 5.41. The zero-order valence-corrected chi connectivity index (χ0v) is 32.9. The predicted molar refractivity (Wildman–Crippen MR) is 247 cm³/mol. The number of aromatic nitrogens is 1. The standard InChI is InChI=1S/C56H36N2S/c1-5-18-37(19-6-1)42-26-13-14-28-44(42)55-57-53-46-33-35-51(45-29-17-30-47(52(45)46)54(53)59-55)58(40-24-11-4-12-25-40)41-32-34-50-48(36-41)43-27-15-16-31-49(43)56(50,38-20-7-2-8-21-38)39-22-9-3-10-23-39/h1-36H. The number of rotatable bonds is 7. The van der Waals surface area contributed by atoms with Gasteiger partial charge in [-0.15, -0.1) is 11.3 Å². The summed E-state index contributed by atoms with van der Waals surface area (Å²) in [7, 11) is 0. The molecule has 0 fully saturated rings. The molecule has 3 heteroatoms. The van der Waals surface area contributed by atoms with Crippen molar-refractivity contribution in [1.29, 1.82) is 0 Å². The van der Waals surface area contributed by atoms with E-state index >= 15 is 0 Å². The molecule has 9 aromatic carbocycles. The van der Waals surface area contributed by atoms with Gasteiger partial charge in [-0.1, -0.05) is 188 Å². The topological polar surface area (TPSA) is 16.1 Å². The van der Waals surface area contributed by atoms with Crippen LogP contribution >= 0.6 is 11.3 Å². The van der Waals surface area contributed by atoms with Gasteiger partial charge in [0.05, 0.1) is 21.7 Å². The Bertz CT molecular complexity index is 3140. The molecule has 0 saturated heterocycles. The van der Waals surface area contributed by atoms with E-state index in [-0.39, 0.29) is 0 Å². The number of benzene rings is 9. The molecule has 59 heavy (non-hydrogen) atoms. The lowest BCUT2D eigenvalue weighted by Gasteiger charge is -2.34. The summed E-state index contributed by atoms with van der Waals surface area (Å²) in [6.45, 7) is 0. The molecular formula is C56H36N2S. The highest BCUT2D eigenvalue weighted by Crippen LogP contribution is 2.58. The molecule has 0 spiro atoms. The number of anilines is 3. The maximum Gasteiger partial charge on any atom is 0.125 e. The van der Waals surface area contributed by atoms with E-state index in [1.165, 1.54) is 76.8 Å². The minimum atomic E-state index is -0.447. The fraction of sp³-hybridized carbons (Fsp3) is 0.0179.